The first-order valence-corrected chi connectivity index (χ1v) is 11.9. The van der Waals surface area contributed by atoms with Crippen LogP contribution in [0.4, 0.5) is 0 Å². The molecule has 0 atom stereocenters. The molecule has 180 valence electrons. The molecule has 0 amide bonds. The summed E-state index contributed by atoms with van der Waals surface area (Å²) in [5.74, 6) is -0.352. The molecule has 0 fully saturated rings. The van der Waals surface area contributed by atoms with Crippen molar-refractivity contribution in [1.29, 1.82) is 0 Å². The van der Waals surface area contributed by atoms with Crippen LogP contribution < -0.4 is 0 Å². The first-order valence-electron chi connectivity index (χ1n) is 11.9. The van der Waals surface area contributed by atoms with Gasteiger partial charge >= 0.3 is 5.97 Å². The smallest absolute Gasteiger partial charge is 0.333 e. The minimum atomic E-state index is -0.207. The molecule has 0 N–H and O–H groups in total. The van der Waals surface area contributed by atoms with E-state index in [1.165, 1.54) is 28.9 Å². The molecular weight excluding hydrogens is 412 g/mol. The average Bonchev–Trinajstić information content (AvgIpc) is 2.74. The molecule has 0 radical (unpaired) electrons. The lowest BCUT2D eigenvalue weighted by Gasteiger charge is -2.09. The standard InChI is InChI=1S/C29H40O4/c1-7-33-29(32)25(15-8-11-21(2)3)16-10-14-22(4)12-9-13-23(5)17-18-26-20-27(30)19-24(6)28(26)31/h11-12,16-17,19-20H,7-10,13-15,18H2,1-6H3/b22-12+,23-17+,25-16-. The molecular formula is C29H40O4. The summed E-state index contributed by atoms with van der Waals surface area (Å²) in [6, 6.07) is 0. The van der Waals surface area contributed by atoms with Crippen molar-refractivity contribution in [1.82, 2.24) is 0 Å². The number of allylic oxidation sites excluding steroid dienone is 11. The molecule has 0 bridgehead atoms. The van der Waals surface area contributed by atoms with Gasteiger partial charge in [-0.05, 0) is 98.6 Å². The third kappa shape index (κ3) is 11.6. The van der Waals surface area contributed by atoms with Gasteiger partial charge in [0.15, 0.2) is 11.6 Å². The molecule has 0 spiro atoms. The van der Waals surface area contributed by atoms with E-state index in [1.807, 2.05) is 19.1 Å². The molecule has 0 saturated carbocycles. The summed E-state index contributed by atoms with van der Waals surface area (Å²) in [6.45, 7) is 12.2. The first-order chi connectivity index (χ1) is 15.6. The molecule has 0 saturated heterocycles. The fraction of sp³-hybridized carbons (Fsp3) is 0.483. The summed E-state index contributed by atoms with van der Waals surface area (Å²) in [6.07, 6.45) is 16.9. The van der Waals surface area contributed by atoms with Gasteiger partial charge in [-0.3, -0.25) is 9.59 Å². The van der Waals surface area contributed by atoms with Crippen LogP contribution in [0.15, 0.2) is 69.9 Å². The second-order valence-corrected chi connectivity index (χ2v) is 8.88. The van der Waals surface area contributed by atoms with E-state index < -0.39 is 0 Å². The highest BCUT2D eigenvalue weighted by Crippen LogP contribution is 2.19. The minimum absolute atomic E-state index is 0.0366. The number of rotatable bonds is 13. The molecule has 0 unspecified atom stereocenters. The Hall–Kier alpha value is -2.75. The molecule has 0 aliphatic heterocycles. The fourth-order valence-electron chi connectivity index (χ4n) is 3.50. The number of Topliss-reactive ketones (excluding diaryl/α,β-unsaturated/α-hetero) is 1. The quantitative estimate of drug-likeness (QED) is 0.129. The van der Waals surface area contributed by atoms with Crippen molar-refractivity contribution in [2.45, 2.75) is 86.5 Å². The van der Waals surface area contributed by atoms with Gasteiger partial charge in [-0.25, -0.2) is 4.79 Å². The molecule has 0 aromatic rings. The zero-order chi connectivity index (χ0) is 24.8. The Balaban J connectivity index is 2.53. The van der Waals surface area contributed by atoms with Gasteiger partial charge in [-0.1, -0.05) is 41.0 Å². The molecule has 4 nitrogen and oxygen atoms in total. The Morgan fingerprint density at radius 2 is 1.45 bits per heavy atom. The summed E-state index contributed by atoms with van der Waals surface area (Å²) in [4.78, 5) is 36.0. The molecule has 0 aromatic heterocycles. The van der Waals surface area contributed by atoms with E-state index in [1.54, 1.807) is 6.92 Å². The average molecular weight is 453 g/mol. The van der Waals surface area contributed by atoms with Crippen LogP contribution in [0.3, 0.4) is 0 Å². The maximum atomic E-state index is 12.2. The Morgan fingerprint density at radius 1 is 0.848 bits per heavy atom. The third-order valence-electron chi connectivity index (χ3n) is 5.46. The number of hydrogen-bond acceptors (Lipinski definition) is 4. The summed E-state index contributed by atoms with van der Waals surface area (Å²) in [5.41, 5.74) is 5.60. The SMILES string of the molecule is CCOC(=O)/C(=C\CC/C(C)=C/CC/C(C)=C/CC1=CC(=O)C=C(C)C1=O)CCC=C(C)C. The predicted octanol–water partition coefficient (Wildman–Crippen LogP) is 7.09. The Labute approximate surface area is 199 Å². The number of esters is 1. The highest BCUT2D eigenvalue weighted by atomic mass is 16.5. The van der Waals surface area contributed by atoms with E-state index >= 15 is 0 Å². The van der Waals surface area contributed by atoms with Crippen molar-refractivity contribution in [3.63, 3.8) is 0 Å². The lowest BCUT2D eigenvalue weighted by Crippen LogP contribution is -2.12. The third-order valence-corrected chi connectivity index (χ3v) is 5.46. The Bertz CT molecular complexity index is 900. The largest absolute Gasteiger partial charge is 0.463 e. The van der Waals surface area contributed by atoms with Gasteiger partial charge in [0.2, 0.25) is 0 Å². The van der Waals surface area contributed by atoms with Crippen LogP contribution in [-0.4, -0.2) is 24.1 Å². The van der Waals surface area contributed by atoms with E-state index in [0.717, 1.165) is 37.7 Å². The fourth-order valence-corrected chi connectivity index (χ4v) is 3.50. The zero-order valence-corrected chi connectivity index (χ0v) is 21.3. The van der Waals surface area contributed by atoms with Gasteiger partial charge in [-0.2, -0.15) is 0 Å². The van der Waals surface area contributed by atoms with E-state index in [4.69, 9.17) is 4.74 Å². The van der Waals surface area contributed by atoms with Crippen molar-refractivity contribution < 1.29 is 19.1 Å². The highest BCUT2D eigenvalue weighted by molar-refractivity contribution is 6.20. The topological polar surface area (TPSA) is 60.4 Å². The summed E-state index contributed by atoms with van der Waals surface area (Å²) < 4.78 is 5.20. The lowest BCUT2D eigenvalue weighted by molar-refractivity contribution is -0.138. The van der Waals surface area contributed by atoms with Crippen LogP contribution in [0.25, 0.3) is 0 Å². The molecule has 1 aliphatic rings. The Morgan fingerprint density at radius 3 is 2.09 bits per heavy atom. The van der Waals surface area contributed by atoms with Gasteiger partial charge in [0.05, 0.1) is 6.61 Å². The summed E-state index contributed by atoms with van der Waals surface area (Å²) in [7, 11) is 0. The van der Waals surface area contributed by atoms with Crippen LogP contribution in [0.5, 0.6) is 0 Å². The number of ketones is 2. The van der Waals surface area contributed by atoms with E-state index in [9.17, 15) is 14.4 Å². The van der Waals surface area contributed by atoms with Gasteiger partial charge in [0, 0.05) is 16.7 Å². The van der Waals surface area contributed by atoms with Gasteiger partial charge in [0.25, 0.3) is 0 Å². The molecule has 0 heterocycles. The van der Waals surface area contributed by atoms with Crippen molar-refractivity contribution in [3.8, 4) is 0 Å². The lowest BCUT2D eigenvalue weighted by atomic mass is 9.94. The highest BCUT2D eigenvalue weighted by Gasteiger charge is 2.17. The van der Waals surface area contributed by atoms with Crippen molar-refractivity contribution in [3.05, 3.63) is 69.9 Å². The van der Waals surface area contributed by atoms with Crippen LogP contribution >= 0.6 is 0 Å². The minimum Gasteiger partial charge on any atom is -0.463 e. The van der Waals surface area contributed by atoms with Crippen LogP contribution in [0.2, 0.25) is 0 Å². The van der Waals surface area contributed by atoms with Gasteiger partial charge < -0.3 is 4.74 Å². The molecule has 4 heteroatoms. The maximum Gasteiger partial charge on any atom is 0.333 e. The zero-order valence-electron chi connectivity index (χ0n) is 21.3. The number of carbonyl (C=O) groups is 3. The van der Waals surface area contributed by atoms with Gasteiger partial charge in [0.1, 0.15) is 0 Å². The van der Waals surface area contributed by atoms with Gasteiger partial charge in [-0.15, -0.1) is 0 Å². The van der Waals surface area contributed by atoms with Crippen LogP contribution in [0.1, 0.15) is 86.5 Å². The van der Waals surface area contributed by atoms with Crippen molar-refractivity contribution >= 4 is 17.5 Å². The molecule has 33 heavy (non-hydrogen) atoms. The molecule has 1 rings (SSSR count). The number of carbonyl (C=O) groups excluding carboxylic acids is 3. The molecule has 0 aromatic carbocycles. The maximum absolute atomic E-state index is 12.2. The van der Waals surface area contributed by atoms with Crippen molar-refractivity contribution in [2.75, 3.05) is 6.61 Å². The number of ether oxygens (including phenoxy) is 1. The monoisotopic (exact) mass is 452 g/mol. The predicted molar refractivity (Wildman–Crippen MR) is 136 cm³/mol. The summed E-state index contributed by atoms with van der Waals surface area (Å²) in [5, 5.41) is 0. The van der Waals surface area contributed by atoms with E-state index in [0.29, 0.717) is 30.6 Å². The van der Waals surface area contributed by atoms with Crippen molar-refractivity contribution in [2.24, 2.45) is 0 Å². The summed E-state index contributed by atoms with van der Waals surface area (Å²) >= 11 is 0. The normalized spacial score (nSPS) is 15.3. The second-order valence-electron chi connectivity index (χ2n) is 8.88. The second kappa shape index (κ2) is 15.2. The van der Waals surface area contributed by atoms with E-state index in [-0.39, 0.29) is 17.5 Å². The first kappa shape index (κ1) is 28.3. The number of hydrogen-bond donors (Lipinski definition) is 0. The molecule has 1 aliphatic carbocycles. The van der Waals surface area contributed by atoms with Crippen LogP contribution in [0, 0.1) is 0 Å². The Kier molecular flexibility index (Phi) is 13.0. The van der Waals surface area contributed by atoms with E-state index in [2.05, 4.69) is 39.8 Å². The van der Waals surface area contributed by atoms with Crippen LogP contribution in [-0.2, 0) is 19.1 Å².